The maximum atomic E-state index is 5.05. The summed E-state index contributed by atoms with van der Waals surface area (Å²) in [5.41, 5.74) is 13.2. The molecule has 0 spiro atoms. The minimum Gasteiger partial charge on any atom is -0.309 e. The van der Waals surface area contributed by atoms with Crippen molar-refractivity contribution in [2.24, 2.45) is 0 Å². The summed E-state index contributed by atoms with van der Waals surface area (Å²) >= 11 is 0. The highest BCUT2D eigenvalue weighted by Gasteiger charge is 2.15. The Bertz CT molecular complexity index is 2790. The molecule has 0 saturated carbocycles. The number of nitrogens with zero attached hydrogens (tertiary/aromatic N) is 3. The Kier molecular flexibility index (Phi) is 7.47. The van der Waals surface area contributed by atoms with Gasteiger partial charge in [-0.1, -0.05) is 170 Å². The first-order valence-corrected chi connectivity index (χ1v) is 18.0. The summed E-state index contributed by atoms with van der Waals surface area (Å²) in [6.45, 7) is 0. The van der Waals surface area contributed by atoms with Crippen LogP contribution in [0.4, 0.5) is 0 Å². The Morgan fingerprint density at radius 1 is 0.340 bits per heavy atom. The lowest BCUT2D eigenvalue weighted by Gasteiger charge is -2.14. The fourth-order valence-electron chi connectivity index (χ4n) is 7.70. The monoisotopic (exact) mass is 675 g/mol. The molecule has 0 atom stereocenters. The molecule has 3 heteroatoms. The second-order valence-corrected chi connectivity index (χ2v) is 13.4. The van der Waals surface area contributed by atoms with E-state index in [-0.39, 0.29) is 0 Å². The molecule has 3 nitrogen and oxygen atoms in total. The van der Waals surface area contributed by atoms with E-state index in [1.807, 2.05) is 36.4 Å². The van der Waals surface area contributed by atoms with Crippen molar-refractivity contribution in [3.63, 3.8) is 0 Å². The summed E-state index contributed by atoms with van der Waals surface area (Å²) in [7, 11) is 0. The molecule has 0 unspecified atom stereocenters. The maximum Gasteiger partial charge on any atom is 0.160 e. The third kappa shape index (κ3) is 5.47. The molecule has 10 rings (SSSR count). The van der Waals surface area contributed by atoms with E-state index < -0.39 is 0 Å². The van der Waals surface area contributed by atoms with Crippen LogP contribution in [0.2, 0.25) is 0 Å². The molecule has 0 amide bonds. The van der Waals surface area contributed by atoms with E-state index >= 15 is 0 Å². The lowest BCUT2D eigenvalue weighted by atomic mass is 9.91. The van der Waals surface area contributed by atoms with Crippen molar-refractivity contribution in [2.45, 2.75) is 0 Å². The Labute approximate surface area is 308 Å². The van der Waals surface area contributed by atoms with Crippen molar-refractivity contribution in [2.75, 3.05) is 0 Å². The highest BCUT2D eigenvalue weighted by atomic mass is 15.0. The van der Waals surface area contributed by atoms with Crippen LogP contribution in [0.25, 0.3) is 94.4 Å². The van der Waals surface area contributed by atoms with Crippen LogP contribution in [0, 0.1) is 0 Å². The van der Waals surface area contributed by atoms with E-state index in [9.17, 15) is 0 Å². The summed E-state index contributed by atoms with van der Waals surface area (Å²) < 4.78 is 2.37. The molecular weight excluding hydrogens is 643 g/mol. The SMILES string of the molecule is c1ccc(-c2cc(-c3ccccc3)nc(-c3ccc(-c4cccc5cccc(-c6ccc(-n7c8ccccc8c8ccccc87)cc6)c45)cc3)n2)cc1. The molecule has 0 fully saturated rings. The van der Waals surface area contributed by atoms with Gasteiger partial charge in [-0.15, -0.1) is 0 Å². The van der Waals surface area contributed by atoms with Crippen LogP contribution in [0.3, 0.4) is 0 Å². The van der Waals surface area contributed by atoms with Gasteiger partial charge in [-0.2, -0.15) is 0 Å². The zero-order chi connectivity index (χ0) is 35.1. The minimum absolute atomic E-state index is 0.707. The van der Waals surface area contributed by atoms with Crippen molar-refractivity contribution < 1.29 is 0 Å². The molecule has 0 aliphatic carbocycles. The van der Waals surface area contributed by atoms with Gasteiger partial charge in [0.25, 0.3) is 0 Å². The number of para-hydroxylation sites is 2. The molecule has 53 heavy (non-hydrogen) atoms. The number of rotatable bonds is 6. The van der Waals surface area contributed by atoms with Crippen LogP contribution < -0.4 is 0 Å². The molecule has 0 radical (unpaired) electrons. The normalized spacial score (nSPS) is 11.4. The van der Waals surface area contributed by atoms with E-state index in [4.69, 9.17) is 9.97 Å². The third-order valence-electron chi connectivity index (χ3n) is 10.2. The Morgan fingerprint density at radius 2 is 0.792 bits per heavy atom. The second-order valence-electron chi connectivity index (χ2n) is 13.4. The fourth-order valence-corrected chi connectivity index (χ4v) is 7.70. The number of fused-ring (bicyclic) bond motifs is 4. The third-order valence-corrected chi connectivity index (χ3v) is 10.2. The van der Waals surface area contributed by atoms with Crippen LogP contribution in [-0.2, 0) is 0 Å². The number of benzene rings is 8. The van der Waals surface area contributed by atoms with Gasteiger partial charge in [0.05, 0.1) is 22.4 Å². The van der Waals surface area contributed by atoms with Gasteiger partial charge >= 0.3 is 0 Å². The summed E-state index contributed by atoms with van der Waals surface area (Å²) in [5.74, 6) is 0.707. The summed E-state index contributed by atoms with van der Waals surface area (Å²) in [6.07, 6.45) is 0. The number of hydrogen-bond donors (Lipinski definition) is 0. The van der Waals surface area contributed by atoms with Gasteiger partial charge in [0.1, 0.15) is 0 Å². The van der Waals surface area contributed by atoms with Crippen LogP contribution in [0.15, 0.2) is 200 Å². The fraction of sp³-hybridized carbons (Fsp3) is 0. The van der Waals surface area contributed by atoms with Gasteiger partial charge in [0, 0.05) is 33.2 Å². The van der Waals surface area contributed by atoms with Gasteiger partial charge in [0.2, 0.25) is 0 Å². The predicted octanol–water partition coefficient (Wildman–Crippen LogP) is 13.1. The highest BCUT2D eigenvalue weighted by molar-refractivity contribution is 6.09. The van der Waals surface area contributed by atoms with Gasteiger partial charge in [-0.25, -0.2) is 9.97 Å². The average molecular weight is 676 g/mol. The van der Waals surface area contributed by atoms with Crippen molar-refractivity contribution in [3.05, 3.63) is 200 Å². The summed E-state index contributed by atoms with van der Waals surface area (Å²) in [6, 6.07) is 70.9. The lowest BCUT2D eigenvalue weighted by Crippen LogP contribution is -1.96. The molecule has 8 aromatic carbocycles. The van der Waals surface area contributed by atoms with E-state index in [0.29, 0.717) is 5.82 Å². The quantitative estimate of drug-likeness (QED) is 0.176. The Balaban J connectivity index is 1.04. The van der Waals surface area contributed by atoms with Crippen molar-refractivity contribution >= 4 is 32.6 Å². The zero-order valence-corrected chi connectivity index (χ0v) is 28.9. The zero-order valence-electron chi connectivity index (χ0n) is 28.9. The van der Waals surface area contributed by atoms with Gasteiger partial charge < -0.3 is 4.57 Å². The van der Waals surface area contributed by atoms with E-state index in [1.165, 1.54) is 49.3 Å². The van der Waals surface area contributed by atoms with Gasteiger partial charge in [-0.3, -0.25) is 0 Å². The maximum absolute atomic E-state index is 5.05. The largest absolute Gasteiger partial charge is 0.309 e. The van der Waals surface area contributed by atoms with Crippen LogP contribution >= 0.6 is 0 Å². The standard InChI is InChI=1S/C50H33N3/c1-3-13-36(14-4-1)45-33-46(37-15-5-2-6-16-37)52-50(51-45)39-27-25-34(26-28-39)41-21-11-17-38-18-12-22-42(49(38)41)35-29-31-40(32-30-35)53-47-23-9-7-19-43(47)44-20-8-10-24-48(44)53/h1-33H. The number of hydrogen-bond acceptors (Lipinski definition) is 2. The predicted molar refractivity (Wildman–Crippen MR) is 221 cm³/mol. The first-order chi connectivity index (χ1) is 26.3. The highest BCUT2D eigenvalue weighted by Crippen LogP contribution is 2.39. The molecule has 0 bridgehead atoms. The molecule has 0 saturated heterocycles. The van der Waals surface area contributed by atoms with Crippen molar-refractivity contribution in [1.82, 2.24) is 14.5 Å². The molecule has 0 N–H and O–H groups in total. The Morgan fingerprint density at radius 3 is 1.32 bits per heavy atom. The summed E-state index contributed by atoms with van der Waals surface area (Å²) in [4.78, 5) is 10.1. The Hall–Kier alpha value is -7.10. The van der Waals surface area contributed by atoms with Crippen molar-refractivity contribution in [1.29, 1.82) is 0 Å². The van der Waals surface area contributed by atoms with Crippen LogP contribution in [0.1, 0.15) is 0 Å². The van der Waals surface area contributed by atoms with E-state index in [2.05, 4.69) is 168 Å². The van der Waals surface area contributed by atoms with E-state index in [1.54, 1.807) is 0 Å². The van der Waals surface area contributed by atoms with Gasteiger partial charge in [0.15, 0.2) is 5.82 Å². The average Bonchev–Trinajstić information content (AvgIpc) is 3.58. The molecule has 10 aromatic rings. The van der Waals surface area contributed by atoms with Gasteiger partial charge in [-0.05, 0) is 63.4 Å². The molecule has 2 heterocycles. The van der Waals surface area contributed by atoms with Crippen LogP contribution in [-0.4, -0.2) is 14.5 Å². The first-order valence-electron chi connectivity index (χ1n) is 18.0. The van der Waals surface area contributed by atoms with E-state index in [0.717, 1.165) is 39.3 Å². The van der Waals surface area contributed by atoms with Crippen LogP contribution in [0.5, 0.6) is 0 Å². The molecule has 0 aliphatic rings. The second kappa shape index (κ2) is 12.9. The molecule has 248 valence electrons. The number of aromatic nitrogens is 3. The molecule has 2 aromatic heterocycles. The smallest absolute Gasteiger partial charge is 0.160 e. The molecule has 0 aliphatic heterocycles. The first kappa shape index (κ1) is 30.7. The lowest BCUT2D eigenvalue weighted by molar-refractivity contribution is 1.18. The summed E-state index contributed by atoms with van der Waals surface area (Å²) in [5, 5.41) is 4.98. The molecular formula is C50H33N3. The minimum atomic E-state index is 0.707. The topological polar surface area (TPSA) is 30.7 Å². The van der Waals surface area contributed by atoms with Crippen molar-refractivity contribution in [3.8, 4) is 61.8 Å².